The molecule has 0 aliphatic rings. The van der Waals surface area contributed by atoms with Gasteiger partial charge < -0.3 is 20.5 Å². The number of carbonyl (C=O) groups is 1. The standard InChI is InChI=1S/C14H22N2O3/c1-10-7-11(2)14(12(15)8-10)19-9-13(17)16-5-4-6-18-3/h7-8H,4-6,9,15H2,1-3H3,(H,16,17). The van der Waals surface area contributed by atoms with Gasteiger partial charge in [-0.25, -0.2) is 0 Å². The highest BCUT2D eigenvalue weighted by Gasteiger charge is 2.08. The molecule has 1 rings (SSSR count). The Hall–Kier alpha value is -1.75. The molecule has 19 heavy (non-hydrogen) atoms. The Kier molecular flexibility index (Phi) is 6.15. The van der Waals surface area contributed by atoms with Crippen molar-refractivity contribution in [1.29, 1.82) is 0 Å². The van der Waals surface area contributed by atoms with E-state index in [4.69, 9.17) is 15.2 Å². The normalized spacial score (nSPS) is 10.3. The number of amides is 1. The molecule has 0 aromatic heterocycles. The number of hydrogen-bond donors (Lipinski definition) is 2. The van der Waals surface area contributed by atoms with Gasteiger partial charge in [0.25, 0.3) is 5.91 Å². The summed E-state index contributed by atoms with van der Waals surface area (Å²) in [6, 6.07) is 3.81. The minimum Gasteiger partial charge on any atom is -0.481 e. The Morgan fingerprint density at radius 3 is 2.74 bits per heavy atom. The van der Waals surface area contributed by atoms with Crippen molar-refractivity contribution in [3.63, 3.8) is 0 Å². The Labute approximate surface area is 114 Å². The van der Waals surface area contributed by atoms with Crippen LogP contribution in [0.4, 0.5) is 5.69 Å². The summed E-state index contributed by atoms with van der Waals surface area (Å²) in [5, 5.41) is 2.75. The van der Waals surface area contributed by atoms with Crippen LogP contribution in [0.3, 0.4) is 0 Å². The van der Waals surface area contributed by atoms with Crippen LogP contribution in [0.15, 0.2) is 12.1 Å². The second-order valence-corrected chi connectivity index (χ2v) is 4.49. The molecule has 1 aromatic carbocycles. The number of carbonyl (C=O) groups excluding carboxylic acids is 1. The van der Waals surface area contributed by atoms with E-state index in [1.54, 1.807) is 7.11 Å². The van der Waals surface area contributed by atoms with Gasteiger partial charge in [-0.1, -0.05) is 6.07 Å². The predicted molar refractivity (Wildman–Crippen MR) is 75.3 cm³/mol. The molecule has 1 aromatic rings. The van der Waals surface area contributed by atoms with Crippen LogP contribution < -0.4 is 15.8 Å². The lowest BCUT2D eigenvalue weighted by molar-refractivity contribution is -0.123. The quantitative estimate of drug-likeness (QED) is 0.578. The molecule has 0 aliphatic heterocycles. The van der Waals surface area contributed by atoms with E-state index in [1.165, 1.54) is 0 Å². The van der Waals surface area contributed by atoms with E-state index >= 15 is 0 Å². The van der Waals surface area contributed by atoms with Gasteiger partial charge in [0.1, 0.15) is 5.75 Å². The molecule has 3 N–H and O–H groups in total. The molecule has 0 unspecified atom stereocenters. The van der Waals surface area contributed by atoms with Crippen molar-refractivity contribution in [2.75, 3.05) is 32.6 Å². The zero-order valence-corrected chi connectivity index (χ0v) is 11.8. The van der Waals surface area contributed by atoms with Crippen molar-refractivity contribution in [2.24, 2.45) is 0 Å². The monoisotopic (exact) mass is 266 g/mol. The van der Waals surface area contributed by atoms with Crippen molar-refractivity contribution < 1.29 is 14.3 Å². The second-order valence-electron chi connectivity index (χ2n) is 4.49. The van der Waals surface area contributed by atoms with E-state index < -0.39 is 0 Å². The molecule has 0 aliphatic carbocycles. The molecule has 0 saturated heterocycles. The third kappa shape index (κ3) is 5.18. The van der Waals surface area contributed by atoms with Crippen molar-refractivity contribution in [3.05, 3.63) is 23.3 Å². The number of rotatable bonds is 7. The summed E-state index contributed by atoms with van der Waals surface area (Å²) in [5.74, 6) is 0.424. The molecule has 0 saturated carbocycles. The lowest BCUT2D eigenvalue weighted by Gasteiger charge is -2.12. The molecule has 0 spiro atoms. The van der Waals surface area contributed by atoms with Gasteiger partial charge in [-0.2, -0.15) is 0 Å². The maximum Gasteiger partial charge on any atom is 0.257 e. The average molecular weight is 266 g/mol. The van der Waals surface area contributed by atoms with Gasteiger partial charge in [0.05, 0.1) is 5.69 Å². The highest BCUT2D eigenvalue weighted by molar-refractivity contribution is 5.77. The van der Waals surface area contributed by atoms with Crippen LogP contribution in [0.5, 0.6) is 5.75 Å². The lowest BCUT2D eigenvalue weighted by Crippen LogP contribution is -2.30. The van der Waals surface area contributed by atoms with E-state index in [0.29, 0.717) is 24.6 Å². The van der Waals surface area contributed by atoms with Crippen molar-refractivity contribution in [2.45, 2.75) is 20.3 Å². The molecule has 0 fully saturated rings. The number of anilines is 1. The second kappa shape index (κ2) is 7.63. The highest BCUT2D eigenvalue weighted by Crippen LogP contribution is 2.27. The van der Waals surface area contributed by atoms with Gasteiger partial charge >= 0.3 is 0 Å². The molecule has 1 amide bonds. The van der Waals surface area contributed by atoms with Gasteiger partial charge in [0.15, 0.2) is 6.61 Å². The first-order valence-corrected chi connectivity index (χ1v) is 6.29. The summed E-state index contributed by atoms with van der Waals surface area (Å²) in [6.07, 6.45) is 0.786. The van der Waals surface area contributed by atoms with Gasteiger partial charge in [-0.3, -0.25) is 4.79 Å². The first-order chi connectivity index (χ1) is 9.04. The summed E-state index contributed by atoms with van der Waals surface area (Å²) in [6.45, 7) is 5.06. The maximum absolute atomic E-state index is 11.6. The Bertz CT molecular complexity index is 410. The number of methoxy groups -OCH3 is 1. The molecule has 0 bridgehead atoms. The number of hydrogen-bond acceptors (Lipinski definition) is 4. The largest absolute Gasteiger partial charge is 0.481 e. The van der Waals surface area contributed by atoms with Gasteiger partial charge in [-0.05, 0) is 37.5 Å². The third-order valence-corrected chi connectivity index (χ3v) is 2.64. The van der Waals surface area contributed by atoms with Gasteiger partial charge in [0.2, 0.25) is 0 Å². The zero-order chi connectivity index (χ0) is 14.3. The third-order valence-electron chi connectivity index (χ3n) is 2.64. The van der Waals surface area contributed by atoms with Crippen LogP contribution >= 0.6 is 0 Å². The Morgan fingerprint density at radius 2 is 2.11 bits per heavy atom. The molecular weight excluding hydrogens is 244 g/mol. The SMILES string of the molecule is COCCCNC(=O)COc1c(C)cc(C)cc1N. The Balaban J connectivity index is 2.42. The molecule has 0 atom stereocenters. The fraction of sp³-hybridized carbons (Fsp3) is 0.500. The molecular formula is C14H22N2O3. The predicted octanol–water partition coefficient (Wildman–Crippen LogP) is 1.42. The summed E-state index contributed by atoms with van der Waals surface area (Å²) in [5.41, 5.74) is 8.45. The van der Waals surface area contributed by atoms with Crippen molar-refractivity contribution in [3.8, 4) is 5.75 Å². The number of benzene rings is 1. The minimum absolute atomic E-state index is 0.0267. The van der Waals surface area contributed by atoms with Crippen LogP contribution in [-0.4, -0.2) is 32.8 Å². The molecule has 0 radical (unpaired) electrons. The fourth-order valence-corrected chi connectivity index (χ4v) is 1.82. The van der Waals surface area contributed by atoms with Crippen LogP contribution in [0.1, 0.15) is 17.5 Å². The summed E-state index contributed by atoms with van der Waals surface area (Å²) >= 11 is 0. The van der Waals surface area contributed by atoms with E-state index in [1.807, 2.05) is 26.0 Å². The first-order valence-electron chi connectivity index (χ1n) is 6.29. The summed E-state index contributed by atoms with van der Waals surface area (Å²) < 4.78 is 10.4. The number of nitrogens with one attached hydrogen (secondary N) is 1. The van der Waals surface area contributed by atoms with Crippen molar-refractivity contribution >= 4 is 11.6 Å². The van der Waals surface area contributed by atoms with E-state index in [9.17, 15) is 4.79 Å². The lowest BCUT2D eigenvalue weighted by atomic mass is 10.1. The van der Waals surface area contributed by atoms with E-state index in [2.05, 4.69) is 5.32 Å². The molecule has 0 heterocycles. The highest BCUT2D eigenvalue weighted by atomic mass is 16.5. The summed E-state index contributed by atoms with van der Waals surface area (Å²) in [4.78, 5) is 11.6. The average Bonchev–Trinajstić information content (AvgIpc) is 2.33. The van der Waals surface area contributed by atoms with Crippen LogP contribution in [0.25, 0.3) is 0 Å². The Morgan fingerprint density at radius 1 is 1.37 bits per heavy atom. The number of nitrogens with two attached hydrogens (primary N) is 1. The number of ether oxygens (including phenoxy) is 2. The van der Waals surface area contributed by atoms with Crippen LogP contribution in [0.2, 0.25) is 0 Å². The smallest absolute Gasteiger partial charge is 0.257 e. The topological polar surface area (TPSA) is 73.6 Å². The number of nitrogen functional groups attached to an aromatic ring is 1. The molecule has 106 valence electrons. The maximum atomic E-state index is 11.6. The molecule has 5 heteroatoms. The summed E-state index contributed by atoms with van der Waals surface area (Å²) in [7, 11) is 1.63. The van der Waals surface area contributed by atoms with Crippen LogP contribution in [0, 0.1) is 13.8 Å². The minimum atomic E-state index is -0.157. The molecule has 5 nitrogen and oxygen atoms in total. The van der Waals surface area contributed by atoms with Gasteiger partial charge in [0, 0.05) is 20.3 Å². The number of aryl methyl sites for hydroxylation is 2. The first kappa shape index (κ1) is 15.3. The fourth-order valence-electron chi connectivity index (χ4n) is 1.82. The van der Waals surface area contributed by atoms with E-state index in [0.717, 1.165) is 17.5 Å². The van der Waals surface area contributed by atoms with Crippen LogP contribution in [-0.2, 0) is 9.53 Å². The van der Waals surface area contributed by atoms with Gasteiger partial charge in [-0.15, -0.1) is 0 Å². The van der Waals surface area contributed by atoms with E-state index in [-0.39, 0.29) is 12.5 Å². The van der Waals surface area contributed by atoms with Crippen molar-refractivity contribution in [1.82, 2.24) is 5.32 Å². The zero-order valence-electron chi connectivity index (χ0n) is 11.8.